The van der Waals surface area contributed by atoms with E-state index in [1.165, 1.54) is 0 Å². The molecule has 0 unspecified atom stereocenters. The summed E-state index contributed by atoms with van der Waals surface area (Å²) in [6, 6.07) is 18.6. The summed E-state index contributed by atoms with van der Waals surface area (Å²) >= 11 is 0. The zero-order valence-corrected chi connectivity index (χ0v) is 18.6. The Morgan fingerprint density at radius 2 is 1.62 bits per heavy atom. The monoisotopic (exact) mass is 427 g/mol. The first-order chi connectivity index (χ1) is 15.4. The summed E-state index contributed by atoms with van der Waals surface area (Å²) in [5, 5.41) is 0.446. The van der Waals surface area contributed by atoms with Crippen LogP contribution in [0.2, 0.25) is 0 Å². The minimum Gasteiger partial charge on any atom is -0.497 e. The highest BCUT2D eigenvalue weighted by atomic mass is 16.5. The number of nitrogens with zero attached hydrogens (tertiary/aromatic N) is 1. The molecular formula is C27H25NO4. The van der Waals surface area contributed by atoms with Gasteiger partial charge in [-0.15, -0.1) is 0 Å². The minimum atomic E-state index is -0.302. The highest BCUT2D eigenvalue weighted by Gasteiger charge is 2.18. The zero-order chi connectivity index (χ0) is 22.8. The maximum Gasteiger partial charge on any atom is 0.200 e. The van der Waals surface area contributed by atoms with E-state index in [9.17, 15) is 9.59 Å². The maximum absolute atomic E-state index is 13.4. The molecule has 4 rings (SSSR count). The van der Waals surface area contributed by atoms with Crippen molar-refractivity contribution in [3.63, 3.8) is 0 Å². The van der Waals surface area contributed by atoms with Crippen LogP contribution in [-0.4, -0.2) is 24.6 Å². The lowest BCUT2D eigenvalue weighted by Gasteiger charge is -2.15. The fourth-order valence-corrected chi connectivity index (χ4v) is 3.80. The van der Waals surface area contributed by atoms with Gasteiger partial charge in [0, 0.05) is 18.3 Å². The number of methoxy groups -OCH3 is 2. The van der Waals surface area contributed by atoms with E-state index in [4.69, 9.17) is 9.47 Å². The Labute approximate surface area is 186 Å². The van der Waals surface area contributed by atoms with Gasteiger partial charge in [-0.2, -0.15) is 0 Å². The molecule has 0 radical (unpaired) electrons. The van der Waals surface area contributed by atoms with Gasteiger partial charge in [0.25, 0.3) is 0 Å². The SMILES string of the molecule is COc1cccc(Cn2cc(C(=O)c3ccc(C)c(C)c3)c(=O)c3cc(OC)ccc32)c1. The van der Waals surface area contributed by atoms with Crippen LogP contribution >= 0.6 is 0 Å². The molecule has 0 amide bonds. The smallest absolute Gasteiger partial charge is 0.200 e. The molecule has 3 aromatic carbocycles. The molecule has 0 saturated heterocycles. The van der Waals surface area contributed by atoms with Gasteiger partial charge in [0.1, 0.15) is 11.5 Å². The van der Waals surface area contributed by atoms with Crippen molar-refractivity contribution in [1.29, 1.82) is 0 Å². The number of carbonyl (C=O) groups is 1. The third-order valence-corrected chi connectivity index (χ3v) is 5.79. The summed E-state index contributed by atoms with van der Waals surface area (Å²) in [6.07, 6.45) is 1.66. The fourth-order valence-electron chi connectivity index (χ4n) is 3.80. The number of carbonyl (C=O) groups excluding carboxylic acids is 1. The van der Waals surface area contributed by atoms with Crippen molar-refractivity contribution in [2.75, 3.05) is 14.2 Å². The minimum absolute atomic E-state index is 0.136. The average Bonchev–Trinajstić information content (AvgIpc) is 2.82. The van der Waals surface area contributed by atoms with E-state index >= 15 is 0 Å². The van der Waals surface area contributed by atoms with E-state index < -0.39 is 0 Å². The molecule has 1 heterocycles. The lowest BCUT2D eigenvalue weighted by Crippen LogP contribution is -2.20. The molecular weight excluding hydrogens is 402 g/mol. The lowest BCUT2D eigenvalue weighted by atomic mass is 9.98. The molecule has 0 saturated carbocycles. The quantitative estimate of drug-likeness (QED) is 0.410. The van der Waals surface area contributed by atoms with E-state index in [0.717, 1.165) is 28.0 Å². The van der Waals surface area contributed by atoms with Crippen molar-refractivity contribution in [3.8, 4) is 11.5 Å². The van der Waals surface area contributed by atoms with Crippen molar-refractivity contribution >= 4 is 16.7 Å². The number of fused-ring (bicyclic) bond motifs is 1. The first-order valence-corrected chi connectivity index (χ1v) is 10.4. The summed E-state index contributed by atoms with van der Waals surface area (Å²) < 4.78 is 12.6. The molecule has 5 heteroatoms. The van der Waals surface area contributed by atoms with Crippen LogP contribution in [0.3, 0.4) is 0 Å². The molecule has 0 aliphatic carbocycles. The first kappa shape index (κ1) is 21.4. The predicted octanol–water partition coefficient (Wildman–Crippen LogP) is 4.91. The van der Waals surface area contributed by atoms with Crippen LogP contribution in [0.4, 0.5) is 0 Å². The Bertz CT molecular complexity index is 1380. The van der Waals surface area contributed by atoms with Gasteiger partial charge < -0.3 is 14.0 Å². The number of ketones is 1. The number of aromatic nitrogens is 1. The van der Waals surface area contributed by atoms with Gasteiger partial charge in [-0.05, 0) is 66.9 Å². The van der Waals surface area contributed by atoms with Gasteiger partial charge in [-0.1, -0.05) is 24.3 Å². The summed E-state index contributed by atoms with van der Waals surface area (Å²) in [5.74, 6) is 1.03. The van der Waals surface area contributed by atoms with Crippen LogP contribution in [0.15, 0.2) is 71.7 Å². The van der Waals surface area contributed by atoms with Crippen molar-refractivity contribution in [2.45, 2.75) is 20.4 Å². The molecule has 0 bridgehead atoms. The van der Waals surface area contributed by atoms with Crippen LogP contribution in [0, 0.1) is 13.8 Å². The number of hydrogen-bond donors (Lipinski definition) is 0. The molecule has 1 aromatic heterocycles. The Morgan fingerprint density at radius 1 is 0.875 bits per heavy atom. The van der Waals surface area contributed by atoms with E-state index in [0.29, 0.717) is 23.2 Å². The molecule has 0 aliphatic rings. The highest BCUT2D eigenvalue weighted by Crippen LogP contribution is 2.22. The fraction of sp³-hybridized carbons (Fsp3) is 0.185. The molecule has 0 fully saturated rings. The van der Waals surface area contributed by atoms with E-state index in [2.05, 4.69) is 0 Å². The van der Waals surface area contributed by atoms with Crippen LogP contribution in [0.5, 0.6) is 11.5 Å². The topological polar surface area (TPSA) is 57.5 Å². The first-order valence-electron chi connectivity index (χ1n) is 10.4. The third-order valence-electron chi connectivity index (χ3n) is 5.79. The van der Waals surface area contributed by atoms with Crippen LogP contribution in [0.25, 0.3) is 10.9 Å². The lowest BCUT2D eigenvalue weighted by molar-refractivity contribution is 0.103. The Balaban J connectivity index is 1.90. The van der Waals surface area contributed by atoms with E-state index in [1.807, 2.05) is 66.9 Å². The predicted molar refractivity (Wildman–Crippen MR) is 126 cm³/mol. The molecule has 0 aliphatic heterocycles. The number of ether oxygens (including phenoxy) is 2. The van der Waals surface area contributed by atoms with Crippen LogP contribution < -0.4 is 14.9 Å². The molecule has 162 valence electrons. The van der Waals surface area contributed by atoms with Gasteiger partial charge in [0.05, 0.1) is 30.7 Å². The number of rotatable bonds is 6. The van der Waals surface area contributed by atoms with Crippen molar-refractivity contribution in [3.05, 3.63) is 105 Å². The number of hydrogen-bond acceptors (Lipinski definition) is 4. The number of benzene rings is 3. The second kappa shape index (κ2) is 8.71. The average molecular weight is 428 g/mol. The second-order valence-electron chi connectivity index (χ2n) is 7.86. The van der Waals surface area contributed by atoms with Crippen LogP contribution in [-0.2, 0) is 6.54 Å². The molecule has 32 heavy (non-hydrogen) atoms. The van der Waals surface area contributed by atoms with E-state index in [-0.39, 0.29) is 16.8 Å². The molecule has 0 atom stereocenters. The third kappa shape index (κ3) is 4.02. The van der Waals surface area contributed by atoms with Crippen molar-refractivity contribution < 1.29 is 14.3 Å². The standard InChI is InChI=1S/C27H25NO4/c1-17-8-9-20(12-18(17)2)26(29)24-16-28(15-19-6-5-7-21(13-19)31-3)25-11-10-22(32-4)14-23(25)27(24)30/h5-14,16H,15H2,1-4H3. The van der Waals surface area contributed by atoms with Crippen LogP contribution in [0.1, 0.15) is 32.6 Å². The van der Waals surface area contributed by atoms with Crippen molar-refractivity contribution in [1.82, 2.24) is 4.57 Å². The Hall–Kier alpha value is -3.86. The Kier molecular flexibility index (Phi) is 5.82. The maximum atomic E-state index is 13.4. The van der Waals surface area contributed by atoms with Crippen molar-refractivity contribution in [2.24, 2.45) is 0 Å². The Morgan fingerprint density at radius 3 is 2.34 bits per heavy atom. The summed E-state index contributed by atoms with van der Waals surface area (Å²) in [6.45, 7) is 4.43. The van der Waals surface area contributed by atoms with Gasteiger partial charge in [-0.3, -0.25) is 9.59 Å². The summed E-state index contributed by atoms with van der Waals surface area (Å²) in [7, 11) is 3.18. The highest BCUT2D eigenvalue weighted by molar-refractivity contribution is 6.10. The van der Waals surface area contributed by atoms with Gasteiger partial charge in [0.2, 0.25) is 5.43 Å². The molecule has 4 aromatic rings. The van der Waals surface area contributed by atoms with Gasteiger partial charge >= 0.3 is 0 Å². The number of pyridine rings is 1. The summed E-state index contributed by atoms with van der Waals surface area (Å²) in [5.41, 5.74) is 4.17. The number of aryl methyl sites for hydroxylation is 2. The molecule has 5 nitrogen and oxygen atoms in total. The van der Waals surface area contributed by atoms with Gasteiger partial charge in [0.15, 0.2) is 5.78 Å². The normalized spacial score (nSPS) is 10.9. The zero-order valence-electron chi connectivity index (χ0n) is 18.6. The summed E-state index contributed by atoms with van der Waals surface area (Å²) in [4.78, 5) is 26.7. The molecule has 0 N–H and O–H groups in total. The largest absolute Gasteiger partial charge is 0.497 e. The van der Waals surface area contributed by atoms with E-state index in [1.54, 1.807) is 32.5 Å². The molecule has 0 spiro atoms. The van der Waals surface area contributed by atoms with Gasteiger partial charge in [-0.25, -0.2) is 0 Å². The second-order valence-corrected chi connectivity index (χ2v) is 7.86.